The number of hydrogen-bond acceptors (Lipinski definition) is 7. The number of alkyl halides is 2. The van der Waals surface area contributed by atoms with Crippen LogP contribution >= 0.6 is 0 Å². The number of ether oxygens (including phenoxy) is 1. The molecule has 4 unspecified atom stereocenters. The Morgan fingerprint density at radius 2 is 1.69 bits per heavy atom. The highest BCUT2D eigenvalue weighted by atomic mass is 19.3. The number of phenols is 1. The molecular formula is C35H33F6N5O2. The zero-order valence-corrected chi connectivity index (χ0v) is 25.9. The van der Waals surface area contributed by atoms with Crippen LogP contribution in [0.15, 0.2) is 30.3 Å². The van der Waals surface area contributed by atoms with Gasteiger partial charge in [0.05, 0.1) is 18.2 Å². The first-order valence-electron chi connectivity index (χ1n) is 16.6. The summed E-state index contributed by atoms with van der Waals surface area (Å²) in [4.78, 5) is 13.0. The predicted octanol–water partition coefficient (Wildman–Crippen LogP) is 6.68. The summed E-state index contributed by atoms with van der Waals surface area (Å²) in [5, 5.41) is 13.7. The van der Waals surface area contributed by atoms with Crippen molar-refractivity contribution < 1.29 is 36.2 Å². The van der Waals surface area contributed by atoms with Gasteiger partial charge >= 0.3 is 6.01 Å². The van der Waals surface area contributed by atoms with Gasteiger partial charge < -0.3 is 20.1 Å². The number of hydrogen-bond donors (Lipinski definition) is 2. The lowest BCUT2D eigenvalue weighted by atomic mass is 9.95. The maximum absolute atomic E-state index is 16.7. The van der Waals surface area contributed by atoms with Gasteiger partial charge in [0.25, 0.3) is 5.92 Å². The van der Waals surface area contributed by atoms with Crippen LogP contribution in [0.1, 0.15) is 44.9 Å². The smallest absolute Gasteiger partial charge is 0.319 e. The molecule has 4 saturated heterocycles. The SMILES string of the molecule is Oc1cc(-c2c(F)cc3c(N4CC5CCC(C4)N5)nc(OCC4(CN5C6CCC5C(F)(F)C6)CC4)nc3c2F)c2c(F)c(F)ccc2c1. The number of aromatic hydroxyl groups is 1. The number of fused-ring (bicyclic) bond motifs is 6. The Morgan fingerprint density at radius 3 is 2.38 bits per heavy atom. The Labute approximate surface area is 271 Å². The van der Waals surface area contributed by atoms with Crippen LogP contribution in [0.5, 0.6) is 11.8 Å². The van der Waals surface area contributed by atoms with Crippen molar-refractivity contribution in [3.05, 3.63) is 53.6 Å². The summed E-state index contributed by atoms with van der Waals surface area (Å²) in [7, 11) is 0. The summed E-state index contributed by atoms with van der Waals surface area (Å²) in [6.45, 7) is 1.70. The van der Waals surface area contributed by atoms with Gasteiger partial charge in [-0.3, -0.25) is 4.90 Å². The summed E-state index contributed by atoms with van der Waals surface area (Å²) in [5.74, 6) is -7.49. The molecule has 9 rings (SSSR count). The lowest BCUT2D eigenvalue weighted by Crippen LogP contribution is -2.51. The molecule has 13 heteroatoms. The average molecular weight is 670 g/mol. The number of nitrogens with zero attached hydrogens (tertiary/aromatic N) is 4. The highest BCUT2D eigenvalue weighted by molar-refractivity contribution is 6.02. The first-order valence-corrected chi connectivity index (χ1v) is 16.6. The maximum Gasteiger partial charge on any atom is 0.319 e. The molecule has 5 fully saturated rings. The third-order valence-electron chi connectivity index (χ3n) is 11.2. The molecule has 4 bridgehead atoms. The van der Waals surface area contributed by atoms with E-state index in [9.17, 15) is 18.3 Å². The molecule has 0 radical (unpaired) electrons. The first kappa shape index (κ1) is 30.2. The molecule has 4 aliphatic heterocycles. The minimum atomic E-state index is -2.70. The molecule has 252 valence electrons. The Kier molecular flexibility index (Phi) is 6.66. The molecule has 1 aliphatic carbocycles. The van der Waals surface area contributed by atoms with E-state index in [4.69, 9.17) is 4.74 Å². The molecule has 7 nitrogen and oxygen atoms in total. The molecule has 5 heterocycles. The van der Waals surface area contributed by atoms with E-state index in [-0.39, 0.29) is 81.4 Å². The fourth-order valence-electron chi connectivity index (χ4n) is 8.69. The average Bonchev–Trinajstić information content (AvgIpc) is 3.49. The van der Waals surface area contributed by atoms with Crippen molar-refractivity contribution >= 4 is 27.5 Å². The lowest BCUT2D eigenvalue weighted by molar-refractivity contribution is -0.0380. The monoisotopic (exact) mass is 669 g/mol. The summed E-state index contributed by atoms with van der Waals surface area (Å²) in [6, 6.07) is 4.67. The van der Waals surface area contributed by atoms with Gasteiger partial charge in [-0.2, -0.15) is 9.97 Å². The minimum absolute atomic E-state index is 0.0606. The number of anilines is 1. The van der Waals surface area contributed by atoms with Crippen LogP contribution in [0, 0.1) is 28.7 Å². The van der Waals surface area contributed by atoms with E-state index in [1.54, 1.807) is 0 Å². The molecule has 4 atom stereocenters. The largest absolute Gasteiger partial charge is 0.508 e. The van der Waals surface area contributed by atoms with E-state index in [1.165, 1.54) is 12.1 Å². The van der Waals surface area contributed by atoms with E-state index < -0.39 is 40.8 Å². The fraction of sp³-hybridized carbons (Fsp3) is 0.486. The quantitative estimate of drug-likeness (QED) is 0.213. The van der Waals surface area contributed by atoms with Crippen LogP contribution in [0.25, 0.3) is 32.8 Å². The number of piperazine rings is 1. The topological polar surface area (TPSA) is 73.8 Å². The molecule has 3 aromatic carbocycles. The summed E-state index contributed by atoms with van der Waals surface area (Å²) in [5.41, 5.74) is -1.67. The highest BCUT2D eigenvalue weighted by Crippen LogP contribution is 2.53. The molecule has 0 spiro atoms. The van der Waals surface area contributed by atoms with Crippen molar-refractivity contribution in [1.29, 1.82) is 0 Å². The maximum atomic E-state index is 16.7. The molecule has 48 heavy (non-hydrogen) atoms. The number of halogens is 6. The van der Waals surface area contributed by atoms with Crippen LogP contribution in [0.4, 0.5) is 32.2 Å². The lowest BCUT2D eigenvalue weighted by Gasteiger charge is -2.34. The predicted molar refractivity (Wildman–Crippen MR) is 166 cm³/mol. The van der Waals surface area contributed by atoms with Crippen molar-refractivity contribution in [3.8, 4) is 22.9 Å². The number of phenolic OH excluding ortho intramolecular Hbond substituents is 1. The van der Waals surface area contributed by atoms with Crippen LogP contribution in [-0.2, 0) is 0 Å². The summed E-state index contributed by atoms with van der Waals surface area (Å²) >= 11 is 0. The van der Waals surface area contributed by atoms with Gasteiger partial charge in [0.15, 0.2) is 17.5 Å². The first-order chi connectivity index (χ1) is 23.0. The number of aromatic nitrogens is 2. The Balaban J connectivity index is 1.13. The second kappa shape index (κ2) is 10.6. The van der Waals surface area contributed by atoms with Crippen molar-refractivity contribution in [3.63, 3.8) is 0 Å². The molecule has 0 amide bonds. The van der Waals surface area contributed by atoms with E-state index >= 15 is 13.2 Å². The van der Waals surface area contributed by atoms with Crippen molar-refractivity contribution in [2.45, 2.75) is 75.0 Å². The van der Waals surface area contributed by atoms with Gasteiger partial charge in [-0.15, -0.1) is 0 Å². The van der Waals surface area contributed by atoms with E-state index in [0.717, 1.165) is 50.3 Å². The van der Waals surface area contributed by atoms with E-state index in [1.807, 2.05) is 9.80 Å². The standard InChI is InChI=1S/C35H33F6N5O2/c36-24-5-1-17-9-21(47)10-22(27(17)29(24)38)28-25(37)11-23-31(30(28)39)43-33(44-32(23)45-13-18-2-3-19(14-45)42-18)48-16-34(7-8-34)15-46-20-4-6-26(46)35(40,41)12-20/h1,5,9-11,18-20,26,42,47H,2-4,6-8,12-16H2. The van der Waals surface area contributed by atoms with E-state index in [0.29, 0.717) is 26.1 Å². The molecule has 5 aliphatic rings. The van der Waals surface area contributed by atoms with Gasteiger partial charge in [0, 0.05) is 65.9 Å². The molecule has 4 aromatic rings. The minimum Gasteiger partial charge on any atom is -0.508 e. The number of nitrogens with one attached hydrogen (secondary N) is 1. The van der Waals surface area contributed by atoms with Crippen LogP contribution < -0.4 is 15.0 Å². The molecule has 1 saturated carbocycles. The van der Waals surface area contributed by atoms with E-state index in [2.05, 4.69) is 15.3 Å². The summed E-state index contributed by atoms with van der Waals surface area (Å²) in [6.07, 6.45) is 4.58. The zero-order valence-electron chi connectivity index (χ0n) is 25.9. The fourth-order valence-corrected chi connectivity index (χ4v) is 8.69. The number of rotatable bonds is 7. The summed E-state index contributed by atoms with van der Waals surface area (Å²) < 4.78 is 97.5. The van der Waals surface area contributed by atoms with Gasteiger partial charge in [-0.25, -0.2) is 26.3 Å². The zero-order chi connectivity index (χ0) is 33.1. The van der Waals surface area contributed by atoms with Crippen molar-refractivity contribution in [2.24, 2.45) is 5.41 Å². The molecule has 1 aromatic heterocycles. The van der Waals surface area contributed by atoms with Crippen molar-refractivity contribution in [2.75, 3.05) is 31.1 Å². The number of benzene rings is 3. The van der Waals surface area contributed by atoms with Crippen LogP contribution in [0.3, 0.4) is 0 Å². The third kappa shape index (κ3) is 4.79. The van der Waals surface area contributed by atoms with Gasteiger partial charge in [0.2, 0.25) is 0 Å². The van der Waals surface area contributed by atoms with Gasteiger partial charge in [-0.05, 0) is 68.2 Å². The second-order valence-corrected chi connectivity index (χ2v) is 14.4. The van der Waals surface area contributed by atoms with Crippen molar-refractivity contribution in [1.82, 2.24) is 20.2 Å². The van der Waals surface area contributed by atoms with Crippen LogP contribution in [-0.4, -0.2) is 76.3 Å². The normalized spacial score (nSPS) is 27.0. The Hall–Kier alpha value is -3.84. The van der Waals surface area contributed by atoms with Gasteiger partial charge in [-0.1, -0.05) is 6.07 Å². The Morgan fingerprint density at radius 1 is 0.917 bits per heavy atom. The van der Waals surface area contributed by atoms with Gasteiger partial charge in [0.1, 0.15) is 22.9 Å². The Bertz CT molecular complexity index is 1980. The van der Waals surface area contributed by atoms with Crippen LogP contribution in [0.2, 0.25) is 0 Å². The third-order valence-corrected chi connectivity index (χ3v) is 11.2. The molecular weight excluding hydrogens is 636 g/mol. The second-order valence-electron chi connectivity index (χ2n) is 14.4. The molecule has 2 N–H and O–H groups in total. The highest BCUT2D eigenvalue weighted by Gasteiger charge is 2.60.